The predicted octanol–water partition coefficient (Wildman–Crippen LogP) is 1.02. The van der Waals surface area contributed by atoms with Crippen LogP contribution < -0.4 is 11.4 Å². The van der Waals surface area contributed by atoms with E-state index in [4.69, 9.17) is 10.6 Å². The van der Waals surface area contributed by atoms with Gasteiger partial charge in [-0.05, 0) is 19.4 Å². The highest BCUT2D eigenvalue weighted by atomic mass is 32.1. The molecule has 5 nitrogen and oxygen atoms in total. The quantitative estimate of drug-likeness (QED) is 0.710. The maximum Gasteiger partial charge on any atom is 0.280 e. The number of ether oxygens (including phenoxy) is 1. The standard InChI is InChI=1S/C11H13N3O2S/c1-11(2)3-6-7(4-16-11)17-9-8(6)10(15)14(12)5-13-9/h5H,3-4,12H2,1-2H3. The molecule has 0 radical (unpaired) electrons. The molecule has 1 aliphatic heterocycles. The fourth-order valence-corrected chi connectivity index (χ4v) is 3.21. The molecule has 3 rings (SSSR count). The monoisotopic (exact) mass is 251 g/mol. The van der Waals surface area contributed by atoms with Gasteiger partial charge in [-0.1, -0.05) is 0 Å². The Labute approximate surface area is 102 Å². The van der Waals surface area contributed by atoms with Gasteiger partial charge in [0.1, 0.15) is 11.2 Å². The van der Waals surface area contributed by atoms with Crippen molar-refractivity contribution in [3.63, 3.8) is 0 Å². The first-order valence-corrected chi connectivity index (χ1v) is 6.20. The lowest BCUT2D eigenvalue weighted by Gasteiger charge is -2.29. The van der Waals surface area contributed by atoms with Gasteiger partial charge in [0.25, 0.3) is 5.56 Å². The largest absolute Gasteiger partial charge is 0.370 e. The molecule has 0 fully saturated rings. The Hall–Kier alpha value is -1.40. The molecule has 0 unspecified atom stereocenters. The summed E-state index contributed by atoms with van der Waals surface area (Å²) in [4.78, 5) is 18.1. The zero-order valence-electron chi connectivity index (χ0n) is 9.69. The number of fused-ring (bicyclic) bond motifs is 3. The van der Waals surface area contributed by atoms with Crippen molar-refractivity contribution in [1.82, 2.24) is 9.66 Å². The van der Waals surface area contributed by atoms with Crippen molar-refractivity contribution < 1.29 is 4.74 Å². The fourth-order valence-electron chi connectivity index (χ4n) is 2.15. The third-order valence-electron chi connectivity index (χ3n) is 3.02. The second kappa shape index (κ2) is 3.30. The summed E-state index contributed by atoms with van der Waals surface area (Å²) >= 11 is 1.52. The summed E-state index contributed by atoms with van der Waals surface area (Å²) in [6.07, 6.45) is 2.09. The lowest BCUT2D eigenvalue weighted by atomic mass is 9.94. The lowest BCUT2D eigenvalue weighted by Crippen LogP contribution is -2.32. The molecule has 2 aromatic heterocycles. The Morgan fingerprint density at radius 3 is 3.12 bits per heavy atom. The zero-order chi connectivity index (χ0) is 12.2. The summed E-state index contributed by atoms with van der Waals surface area (Å²) in [5.74, 6) is 5.56. The second-order valence-electron chi connectivity index (χ2n) is 4.87. The molecule has 3 heterocycles. The zero-order valence-corrected chi connectivity index (χ0v) is 10.5. The number of nitrogens with zero attached hydrogens (tertiary/aromatic N) is 2. The smallest absolute Gasteiger partial charge is 0.280 e. The van der Waals surface area contributed by atoms with Crippen LogP contribution in [-0.2, 0) is 17.8 Å². The minimum atomic E-state index is -0.233. The van der Waals surface area contributed by atoms with E-state index in [9.17, 15) is 4.79 Å². The van der Waals surface area contributed by atoms with E-state index in [1.165, 1.54) is 17.7 Å². The van der Waals surface area contributed by atoms with Crippen molar-refractivity contribution in [2.45, 2.75) is 32.5 Å². The van der Waals surface area contributed by atoms with E-state index in [1.54, 1.807) is 0 Å². The predicted molar refractivity (Wildman–Crippen MR) is 66.6 cm³/mol. The molecule has 2 aromatic rings. The second-order valence-corrected chi connectivity index (χ2v) is 5.95. The Balaban J connectivity index is 2.34. The summed E-state index contributed by atoms with van der Waals surface area (Å²) in [5, 5.41) is 0.659. The molecule has 1 aliphatic rings. The summed E-state index contributed by atoms with van der Waals surface area (Å²) in [5.41, 5.74) is 0.645. The first kappa shape index (κ1) is 10.7. The highest BCUT2D eigenvalue weighted by Crippen LogP contribution is 2.36. The molecular formula is C11H13N3O2S. The van der Waals surface area contributed by atoms with Crippen LogP contribution in [0, 0.1) is 0 Å². The average molecular weight is 251 g/mol. The molecule has 0 bridgehead atoms. The first-order chi connectivity index (χ1) is 7.98. The van der Waals surface area contributed by atoms with Crippen molar-refractivity contribution in [1.29, 1.82) is 0 Å². The lowest BCUT2D eigenvalue weighted by molar-refractivity contribution is -0.0379. The van der Waals surface area contributed by atoms with Gasteiger partial charge >= 0.3 is 0 Å². The molecule has 0 aromatic carbocycles. The van der Waals surface area contributed by atoms with Gasteiger partial charge < -0.3 is 10.6 Å². The van der Waals surface area contributed by atoms with Gasteiger partial charge in [0.2, 0.25) is 0 Å². The molecule has 17 heavy (non-hydrogen) atoms. The maximum atomic E-state index is 12.0. The van der Waals surface area contributed by atoms with Crippen LogP contribution in [0.1, 0.15) is 24.3 Å². The molecule has 0 atom stereocenters. The van der Waals surface area contributed by atoms with Gasteiger partial charge in [-0.15, -0.1) is 11.3 Å². The number of nitrogen functional groups attached to an aromatic ring is 1. The maximum absolute atomic E-state index is 12.0. The number of thiophene rings is 1. The molecule has 0 aliphatic carbocycles. The minimum Gasteiger partial charge on any atom is -0.370 e. The van der Waals surface area contributed by atoms with E-state index in [2.05, 4.69) is 4.98 Å². The van der Waals surface area contributed by atoms with E-state index in [0.717, 1.165) is 26.4 Å². The third-order valence-corrected chi connectivity index (χ3v) is 4.13. The summed E-state index contributed by atoms with van der Waals surface area (Å²) < 4.78 is 6.77. The van der Waals surface area contributed by atoms with Crippen molar-refractivity contribution in [3.05, 3.63) is 27.1 Å². The fraction of sp³-hybridized carbons (Fsp3) is 0.455. The van der Waals surface area contributed by atoms with E-state index >= 15 is 0 Å². The topological polar surface area (TPSA) is 70.1 Å². The van der Waals surface area contributed by atoms with Gasteiger partial charge in [-0.2, -0.15) is 0 Å². The Morgan fingerprint density at radius 2 is 2.35 bits per heavy atom. The van der Waals surface area contributed by atoms with Crippen LogP contribution in [0.4, 0.5) is 0 Å². The van der Waals surface area contributed by atoms with Crippen LogP contribution in [0.3, 0.4) is 0 Å². The molecular weight excluding hydrogens is 238 g/mol. The highest BCUT2D eigenvalue weighted by Gasteiger charge is 2.30. The molecule has 0 amide bonds. The summed E-state index contributed by atoms with van der Waals surface area (Å²) in [6.45, 7) is 4.60. The van der Waals surface area contributed by atoms with Crippen LogP contribution in [-0.4, -0.2) is 15.3 Å². The molecule has 0 saturated carbocycles. The number of hydrogen-bond donors (Lipinski definition) is 1. The van der Waals surface area contributed by atoms with Gasteiger partial charge in [0.15, 0.2) is 0 Å². The van der Waals surface area contributed by atoms with Crippen molar-refractivity contribution in [2.75, 3.05) is 5.84 Å². The SMILES string of the molecule is CC1(C)Cc2c(sc3ncn(N)c(=O)c23)CO1. The van der Waals surface area contributed by atoms with Crippen molar-refractivity contribution in [3.8, 4) is 0 Å². The Kier molecular flexibility index (Phi) is 2.08. The summed E-state index contributed by atoms with van der Waals surface area (Å²) in [6, 6.07) is 0. The number of nitrogens with two attached hydrogens (primary N) is 1. The molecule has 0 spiro atoms. The molecule has 90 valence electrons. The van der Waals surface area contributed by atoms with Crippen LogP contribution in [0.2, 0.25) is 0 Å². The first-order valence-electron chi connectivity index (χ1n) is 5.39. The number of aromatic nitrogens is 2. The Morgan fingerprint density at radius 1 is 1.59 bits per heavy atom. The van der Waals surface area contributed by atoms with Gasteiger partial charge in [-0.25, -0.2) is 9.66 Å². The van der Waals surface area contributed by atoms with E-state index < -0.39 is 0 Å². The van der Waals surface area contributed by atoms with Crippen LogP contribution in [0.25, 0.3) is 10.2 Å². The van der Waals surface area contributed by atoms with Crippen LogP contribution in [0.5, 0.6) is 0 Å². The van der Waals surface area contributed by atoms with Gasteiger partial charge in [0.05, 0.1) is 17.6 Å². The molecule has 2 N–H and O–H groups in total. The van der Waals surface area contributed by atoms with Gasteiger partial charge in [0, 0.05) is 11.3 Å². The normalized spacial score (nSPS) is 18.2. The number of rotatable bonds is 0. The van der Waals surface area contributed by atoms with E-state index in [0.29, 0.717) is 12.0 Å². The van der Waals surface area contributed by atoms with Gasteiger partial charge in [-0.3, -0.25) is 4.79 Å². The Bertz CT molecular complexity index is 657. The van der Waals surface area contributed by atoms with Crippen molar-refractivity contribution in [2.24, 2.45) is 0 Å². The number of hydrogen-bond acceptors (Lipinski definition) is 5. The van der Waals surface area contributed by atoms with Crippen molar-refractivity contribution >= 4 is 21.6 Å². The average Bonchev–Trinajstić information content (AvgIpc) is 2.60. The van der Waals surface area contributed by atoms with Crippen LogP contribution >= 0.6 is 11.3 Å². The minimum absolute atomic E-state index is 0.176. The molecule has 6 heteroatoms. The third kappa shape index (κ3) is 1.56. The summed E-state index contributed by atoms with van der Waals surface area (Å²) in [7, 11) is 0. The van der Waals surface area contributed by atoms with E-state index in [1.807, 2.05) is 13.8 Å². The molecule has 0 saturated heterocycles. The van der Waals surface area contributed by atoms with E-state index in [-0.39, 0.29) is 11.2 Å². The highest BCUT2D eigenvalue weighted by molar-refractivity contribution is 7.18. The van der Waals surface area contributed by atoms with Crippen LogP contribution in [0.15, 0.2) is 11.1 Å².